The summed E-state index contributed by atoms with van der Waals surface area (Å²) in [4.78, 5) is 0. The van der Waals surface area contributed by atoms with Crippen molar-refractivity contribution in [2.24, 2.45) is 0 Å². The normalized spacial score (nSPS) is 13.0. The molecule has 0 spiro atoms. The Morgan fingerprint density at radius 2 is 1.88 bits per heavy atom. The molecule has 0 aromatic heterocycles. The van der Waals surface area contributed by atoms with E-state index in [-0.39, 0.29) is 0 Å². The van der Waals surface area contributed by atoms with Crippen LogP contribution in [-0.4, -0.2) is 13.2 Å². The van der Waals surface area contributed by atoms with Crippen LogP contribution < -0.4 is 0 Å². The molecular weight excluding hydrogens is 292 g/mol. The van der Waals surface area contributed by atoms with Gasteiger partial charge in [-0.2, -0.15) is 0 Å². The Kier molecular flexibility index (Phi) is 4.96. The zero-order chi connectivity index (χ0) is 13.1. The zero-order valence-corrected chi connectivity index (χ0v) is 13.2. The first-order valence-electron chi connectivity index (χ1n) is 5.66. The van der Waals surface area contributed by atoms with Gasteiger partial charge in [0.2, 0.25) is 0 Å². The van der Waals surface area contributed by atoms with Crippen LogP contribution in [0.3, 0.4) is 0 Å². The Morgan fingerprint density at radius 3 is 2.29 bits per heavy atom. The maximum absolute atomic E-state index is 10.3. The average Bonchev–Trinajstić information content (AvgIpc) is 2.25. The average molecular weight is 311 g/mol. The maximum Gasteiger partial charge on any atom is 0.107 e. The van der Waals surface area contributed by atoms with E-state index < -0.39 is 14.2 Å². The molecule has 0 aliphatic heterocycles. The molecule has 1 aromatic carbocycles. The highest BCUT2D eigenvalue weighted by molar-refractivity contribution is 9.10. The Morgan fingerprint density at radius 1 is 1.35 bits per heavy atom. The van der Waals surface area contributed by atoms with Gasteiger partial charge in [0, 0.05) is 18.1 Å². The van der Waals surface area contributed by atoms with Crippen molar-refractivity contribution in [1.82, 2.24) is 0 Å². The molecular formula is C14H19BrOSi. The second kappa shape index (κ2) is 5.83. The minimum Gasteiger partial charge on any atom is -0.383 e. The first-order chi connectivity index (χ1) is 7.83. The van der Waals surface area contributed by atoms with Gasteiger partial charge in [-0.15, -0.1) is 5.73 Å². The summed E-state index contributed by atoms with van der Waals surface area (Å²) in [7, 11) is -1.26. The van der Waals surface area contributed by atoms with Crippen molar-refractivity contribution >= 4 is 24.0 Å². The molecule has 0 saturated heterocycles. The molecule has 0 saturated carbocycles. The van der Waals surface area contributed by atoms with Gasteiger partial charge in [-0.05, 0) is 23.7 Å². The minimum absolute atomic E-state index is 0.577. The van der Waals surface area contributed by atoms with Gasteiger partial charge in [0.1, 0.15) is 6.10 Å². The maximum atomic E-state index is 10.3. The predicted octanol–water partition coefficient (Wildman–Crippen LogP) is 4.53. The molecule has 92 valence electrons. The lowest BCUT2D eigenvalue weighted by Crippen LogP contribution is -2.21. The highest BCUT2D eigenvalue weighted by Crippen LogP contribution is 2.28. The van der Waals surface area contributed by atoms with Crippen LogP contribution in [0.15, 0.2) is 46.6 Å². The van der Waals surface area contributed by atoms with Crippen LogP contribution in [0.4, 0.5) is 0 Å². The van der Waals surface area contributed by atoms with E-state index in [1.54, 1.807) is 0 Å². The first-order valence-corrected chi connectivity index (χ1v) is 10.2. The van der Waals surface area contributed by atoms with Crippen molar-refractivity contribution in [3.63, 3.8) is 0 Å². The van der Waals surface area contributed by atoms with Crippen molar-refractivity contribution in [2.45, 2.75) is 31.8 Å². The fraction of sp³-hybridized carbons (Fsp3) is 0.357. The molecule has 17 heavy (non-hydrogen) atoms. The molecule has 1 nitrogen and oxygen atoms in total. The van der Waals surface area contributed by atoms with Crippen molar-refractivity contribution in [1.29, 1.82) is 0 Å². The molecule has 1 rings (SSSR count). The van der Waals surface area contributed by atoms with Crippen LogP contribution in [0.5, 0.6) is 0 Å². The van der Waals surface area contributed by atoms with Gasteiger partial charge in [0.05, 0.1) is 0 Å². The smallest absolute Gasteiger partial charge is 0.107 e. The fourth-order valence-corrected chi connectivity index (χ4v) is 3.40. The molecule has 0 radical (unpaired) electrons. The standard InChI is InChI=1S/C14H19BrOSi/c1-5-11(10-17(2,3)4)14(16)12-6-8-13(15)9-7-12/h6-9,14,16H,1,10H2,2-4H3/t14-/m1/s1. The molecule has 0 aliphatic rings. The summed E-state index contributed by atoms with van der Waals surface area (Å²) in [5.74, 6) is 0. The van der Waals surface area contributed by atoms with E-state index in [0.717, 1.165) is 21.7 Å². The van der Waals surface area contributed by atoms with E-state index in [4.69, 9.17) is 0 Å². The Bertz CT molecular complexity index is 425. The van der Waals surface area contributed by atoms with E-state index >= 15 is 0 Å². The summed E-state index contributed by atoms with van der Waals surface area (Å²) >= 11 is 3.39. The van der Waals surface area contributed by atoms with Crippen molar-refractivity contribution in [3.8, 4) is 0 Å². The molecule has 0 fully saturated rings. The Hall–Kier alpha value is -0.603. The Balaban J connectivity index is 2.91. The quantitative estimate of drug-likeness (QED) is 0.640. The van der Waals surface area contributed by atoms with E-state index in [0.29, 0.717) is 0 Å². The van der Waals surface area contributed by atoms with Gasteiger partial charge in [-0.1, -0.05) is 54.3 Å². The van der Waals surface area contributed by atoms with Crippen LogP contribution in [0.2, 0.25) is 25.7 Å². The van der Waals surface area contributed by atoms with Crippen LogP contribution in [0, 0.1) is 0 Å². The monoisotopic (exact) mass is 310 g/mol. The summed E-state index contributed by atoms with van der Waals surface area (Å²) in [5, 5.41) is 10.3. The number of rotatable bonds is 4. The molecule has 0 bridgehead atoms. The van der Waals surface area contributed by atoms with Gasteiger partial charge in [0.15, 0.2) is 0 Å². The van der Waals surface area contributed by atoms with Gasteiger partial charge in [-0.3, -0.25) is 0 Å². The lowest BCUT2D eigenvalue weighted by Gasteiger charge is -2.21. The summed E-state index contributed by atoms with van der Waals surface area (Å²) in [6, 6.07) is 8.65. The topological polar surface area (TPSA) is 20.2 Å². The zero-order valence-electron chi connectivity index (χ0n) is 10.6. The largest absolute Gasteiger partial charge is 0.383 e. The minimum atomic E-state index is -1.26. The first kappa shape index (κ1) is 14.5. The molecule has 1 N–H and O–H groups in total. The van der Waals surface area contributed by atoms with Crippen LogP contribution in [0.25, 0.3) is 0 Å². The van der Waals surface area contributed by atoms with E-state index in [1.807, 2.05) is 24.3 Å². The summed E-state index contributed by atoms with van der Waals surface area (Å²) in [6.45, 7) is 10.5. The van der Waals surface area contributed by atoms with Crippen LogP contribution >= 0.6 is 15.9 Å². The number of halogens is 1. The van der Waals surface area contributed by atoms with Crippen LogP contribution in [-0.2, 0) is 0 Å². The second-order valence-electron chi connectivity index (χ2n) is 5.39. The third-order valence-corrected chi connectivity index (χ3v) is 4.43. The molecule has 3 heteroatoms. The molecule has 0 unspecified atom stereocenters. The van der Waals surface area contributed by atoms with Crippen molar-refractivity contribution in [2.75, 3.05) is 0 Å². The third-order valence-electron chi connectivity index (χ3n) is 2.46. The number of benzene rings is 1. The van der Waals surface area contributed by atoms with Crippen molar-refractivity contribution < 1.29 is 5.11 Å². The molecule has 1 atom stereocenters. The molecule has 1 aromatic rings. The van der Waals surface area contributed by atoms with Gasteiger partial charge < -0.3 is 5.11 Å². The summed E-state index contributed by atoms with van der Waals surface area (Å²) in [5.41, 5.74) is 4.72. The van der Waals surface area contributed by atoms with E-state index in [9.17, 15) is 5.11 Å². The number of aliphatic hydroxyl groups excluding tert-OH is 1. The van der Waals surface area contributed by atoms with E-state index in [2.05, 4.69) is 47.9 Å². The highest BCUT2D eigenvalue weighted by Gasteiger charge is 2.21. The van der Waals surface area contributed by atoms with Gasteiger partial charge in [-0.25, -0.2) is 0 Å². The molecule has 0 heterocycles. The second-order valence-corrected chi connectivity index (χ2v) is 11.8. The van der Waals surface area contributed by atoms with Crippen LogP contribution in [0.1, 0.15) is 11.7 Å². The summed E-state index contributed by atoms with van der Waals surface area (Å²) < 4.78 is 1.02. The van der Waals surface area contributed by atoms with E-state index in [1.165, 1.54) is 0 Å². The lowest BCUT2D eigenvalue weighted by molar-refractivity contribution is 0.216. The lowest BCUT2D eigenvalue weighted by atomic mass is 10.0. The van der Waals surface area contributed by atoms with Gasteiger partial charge >= 0.3 is 0 Å². The predicted molar refractivity (Wildman–Crippen MR) is 79.9 cm³/mol. The number of hydrogen-bond acceptors (Lipinski definition) is 1. The van der Waals surface area contributed by atoms with Gasteiger partial charge in [0.25, 0.3) is 0 Å². The number of hydrogen-bond donors (Lipinski definition) is 1. The number of aliphatic hydroxyl groups is 1. The molecule has 0 aliphatic carbocycles. The SMILES string of the molecule is C=C=C(C[Si](C)(C)C)[C@@H](O)c1ccc(Br)cc1. The Labute approximate surface area is 113 Å². The third kappa shape index (κ3) is 4.64. The summed E-state index contributed by atoms with van der Waals surface area (Å²) in [6.07, 6.45) is -0.577. The highest BCUT2D eigenvalue weighted by atomic mass is 79.9. The molecule has 0 amide bonds. The fourth-order valence-electron chi connectivity index (χ4n) is 1.67. The van der Waals surface area contributed by atoms with Crippen molar-refractivity contribution in [3.05, 3.63) is 52.2 Å².